The fraction of sp³-hybridized carbons (Fsp3) is 0.400. The van der Waals surface area contributed by atoms with Crippen LogP contribution < -0.4 is 5.32 Å². The van der Waals surface area contributed by atoms with Crippen molar-refractivity contribution in [3.05, 3.63) is 34.1 Å². The molecular formula is C10H9ClF3N. The van der Waals surface area contributed by atoms with Gasteiger partial charge in [0, 0.05) is 11.6 Å². The van der Waals surface area contributed by atoms with Crippen LogP contribution in [0.1, 0.15) is 24.4 Å². The van der Waals surface area contributed by atoms with E-state index < -0.39 is 28.5 Å². The van der Waals surface area contributed by atoms with Gasteiger partial charge in [0.15, 0.2) is 11.6 Å². The third-order valence-electron chi connectivity index (χ3n) is 2.56. The Kier molecular flexibility index (Phi) is 2.89. The molecule has 0 radical (unpaired) electrons. The molecule has 1 aliphatic rings. The summed E-state index contributed by atoms with van der Waals surface area (Å²) in [4.78, 5) is 0. The van der Waals surface area contributed by atoms with Gasteiger partial charge in [0.1, 0.15) is 5.82 Å². The van der Waals surface area contributed by atoms with Crippen LogP contribution in [0, 0.1) is 17.5 Å². The second kappa shape index (κ2) is 4.02. The van der Waals surface area contributed by atoms with Gasteiger partial charge in [-0.3, -0.25) is 0 Å². The number of nitrogens with one attached hydrogen (secondary N) is 1. The van der Waals surface area contributed by atoms with E-state index in [4.69, 9.17) is 11.6 Å². The molecular weight excluding hydrogens is 227 g/mol. The molecule has 0 spiro atoms. The topological polar surface area (TPSA) is 12.0 Å². The van der Waals surface area contributed by atoms with Gasteiger partial charge in [-0.15, -0.1) is 0 Å². The van der Waals surface area contributed by atoms with Gasteiger partial charge in [0.05, 0.1) is 5.02 Å². The fourth-order valence-corrected chi connectivity index (χ4v) is 2.01. The molecule has 1 nitrogen and oxygen atoms in total. The largest absolute Gasteiger partial charge is 0.310 e. The van der Waals surface area contributed by atoms with E-state index in [1.165, 1.54) is 0 Å². The van der Waals surface area contributed by atoms with Crippen molar-refractivity contribution in [2.24, 2.45) is 0 Å². The van der Waals surface area contributed by atoms with Crippen LogP contribution in [0.2, 0.25) is 5.02 Å². The van der Waals surface area contributed by atoms with Crippen LogP contribution in [0.4, 0.5) is 13.2 Å². The maximum atomic E-state index is 13.4. The first-order valence-electron chi connectivity index (χ1n) is 4.67. The summed E-state index contributed by atoms with van der Waals surface area (Å²) in [6, 6.07) is 0.367. The zero-order chi connectivity index (χ0) is 11.0. The lowest BCUT2D eigenvalue weighted by atomic mass is 10.0. The average Bonchev–Trinajstić information content (AvgIpc) is 2.68. The van der Waals surface area contributed by atoms with Crippen molar-refractivity contribution in [2.75, 3.05) is 6.54 Å². The monoisotopic (exact) mass is 235 g/mol. The Morgan fingerprint density at radius 3 is 2.60 bits per heavy atom. The Labute approximate surface area is 90.2 Å². The first kappa shape index (κ1) is 10.8. The van der Waals surface area contributed by atoms with Crippen molar-refractivity contribution >= 4 is 11.6 Å². The van der Waals surface area contributed by atoms with Crippen LogP contribution in [0.3, 0.4) is 0 Å². The number of hydrogen-bond donors (Lipinski definition) is 1. The zero-order valence-corrected chi connectivity index (χ0v) is 8.54. The number of benzene rings is 1. The van der Waals surface area contributed by atoms with Gasteiger partial charge in [-0.05, 0) is 25.5 Å². The van der Waals surface area contributed by atoms with Crippen LogP contribution in [0.25, 0.3) is 0 Å². The highest BCUT2D eigenvalue weighted by Gasteiger charge is 2.26. The highest BCUT2D eigenvalue weighted by atomic mass is 35.5. The molecule has 82 valence electrons. The third kappa shape index (κ3) is 1.84. The second-order valence-electron chi connectivity index (χ2n) is 3.53. The molecule has 5 heteroatoms. The van der Waals surface area contributed by atoms with Crippen molar-refractivity contribution in [1.29, 1.82) is 0 Å². The fourth-order valence-electron chi connectivity index (χ4n) is 1.83. The maximum absolute atomic E-state index is 13.4. The molecule has 1 aromatic rings. The van der Waals surface area contributed by atoms with Crippen LogP contribution >= 0.6 is 11.6 Å². The summed E-state index contributed by atoms with van der Waals surface area (Å²) >= 11 is 5.32. The average molecular weight is 236 g/mol. The molecule has 2 rings (SSSR count). The number of hydrogen-bond acceptors (Lipinski definition) is 1. The van der Waals surface area contributed by atoms with E-state index in [0.717, 1.165) is 12.5 Å². The summed E-state index contributed by atoms with van der Waals surface area (Å²) in [5.41, 5.74) is -0.241. The van der Waals surface area contributed by atoms with Crippen LogP contribution in [0.15, 0.2) is 6.07 Å². The molecule has 1 fully saturated rings. The Bertz CT molecular complexity index is 389. The van der Waals surface area contributed by atoms with E-state index in [1.807, 2.05) is 0 Å². The molecule has 15 heavy (non-hydrogen) atoms. The summed E-state index contributed by atoms with van der Waals surface area (Å²) in [7, 11) is 0. The smallest absolute Gasteiger partial charge is 0.177 e. The van der Waals surface area contributed by atoms with Gasteiger partial charge in [-0.1, -0.05) is 11.6 Å². The standard InChI is InChI=1S/C10H9ClF3N/c11-5-4-6(12)8(10(14)9(5)13)7-2-1-3-15-7/h4,7,15H,1-3H2/t7-/m1/s1. The zero-order valence-electron chi connectivity index (χ0n) is 7.79. The van der Waals surface area contributed by atoms with Crippen LogP contribution in [0.5, 0.6) is 0 Å². The quantitative estimate of drug-likeness (QED) is 0.582. The van der Waals surface area contributed by atoms with Gasteiger partial charge in [0.25, 0.3) is 0 Å². The van der Waals surface area contributed by atoms with Gasteiger partial charge in [0.2, 0.25) is 0 Å². The predicted molar refractivity (Wildman–Crippen MR) is 51.3 cm³/mol. The minimum Gasteiger partial charge on any atom is -0.310 e. The van der Waals surface area contributed by atoms with Gasteiger partial charge >= 0.3 is 0 Å². The van der Waals surface area contributed by atoms with Crippen molar-refractivity contribution in [1.82, 2.24) is 5.32 Å². The summed E-state index contributed by atoms with van der Waals surface area (Å²) in [5.74, 6) is -3.15. The van der Waals surface area contributed by atoms with Gasteiger partial charge in [-0.2, -0.15) is 0 Å². The first-order valence-corrected chi connectivity index (χ1v) is 5.05. The molecule has 1 atom stereocenters. The van der Waals surface area contributed by atoms with Crippen molar-refractivity contribution < 1.29 is 13.2 Å². The lowest BCUT2D eigenvalue weighted by Gasteiger charge is -2.13. The number of halogens is 4. The molecule has 1 N–H and O–H groups in total. The third-order valence-corrected chi connectivity index (χ3v) is 2.83. The SMILES string of the molecule is Fc1cc(Cl)c(F)c(F)c1[C@H]1CCCN1. The summed E-state index contributed by atoms with van der Waals surface area (Å²) in [5, 5.41) is 2.39. The van der Waals surface area contributed by atoms with E-state index in [-0.39, 0.29) is 5.56 Å². The Morgan fingerprint density at radius 1 is 1.27 bits per heavy atom. The molecule has 1 saturated heterocycles. The minimum absolute atomic E-state index is 0.241. The Balaban J connectivity index is 2.50. The molecule has 1 heterocycles. The number of rotatable bonds is 1. The first-order chi connectivity index (χ1) is 7.11. The molecule has 1 aliphatic heterocycles. The van der Waals surface area contributed by atoms with Crippen molar-refractivity contribution in [3.8, 4) is 0 Å². The van der Waals surface area contributed by atoms with Gasteiger partial charge in [-0.25, -0.2) is 13.2 Å². The molecule has 0 amide bonds. The highest BCUT2D eigenvalue weighted by Crippen LogP contribution is 2.31. The van der Waals surface area contributed by atoms with Crippen molar-refractivity contribution in [3.63, 3.8) is 0 Å². The molecule has 0 unspecified atom stereocenters. The van der Waals surface area contributed by atoms with E-state index in [9.17, 15) is 13.2 Å². The predicted octanol–water partition coefficient (Wildman–Crippen LogP) is 3.18. The van der Waals surface area contributed by atoms with Gasteiger partial charge < -0.3 is 5.32 Å². The Hall–Kier alpha value is -0.740. The van der Waals surface area contributed by atoms with Crippen LogP contribution in [-0.4, -0.2) is 6.54 Å². The molecule has 0 bridgehead atoms. The van der Waals surface area contributed by atoms with E-state index >= 15 is 0 Å². The summed E-state index contributed by atoms with van der Waals surface area (Å²) in [6.07, 6.45) is 1.43. The maximum Gasteiger partial charge on any atom is 0.177 e. The molecule has 0 saturated carbocycles. The normalized spacial score (nSPS) is 20.9. The lowest BCUT2D eigenvalue weighted by molar-refractivity contribution is 0.456. The Morgan fingerprint density at radius 2 is 2.00 bits per heavy atom. The summed E-state index contributed by atoms with van der Waals surface area (Å²) < 4.78 is 40.0. The van der Waals surface area contributed by atoms with E-state index in [1.54, 1.807) is 0 Å². The molecule has 0 aromatic heterocycles. The highest BCUT2D eigenvalue weighted by molar-refractivity contribution is 6.30. The lowest BCUT2D eigenvalue weighted by Crippen LogP contribution is -2.17. The van der Waals surface area contributed by atoms with E-state index in [2.05, 4.69) is 5.32 Å². The summed E-state index contributed by atoms with van der Waals surface area (Å²) in [6.45, 7) is 0.688. The van der Waals surface area contributed by atoms with E-state index in [0.29, 0.717) is 13.0 Å². The van der Waals surface area contributed by atoms with Crippen molar-refractivity contribution in [2.45, 2.75) is 18.9 Å². The van der Waals surface area contributed by atoms with Crippen LogP contribution in [-0.2, 0) is 0 Å². The second-order valence-corrected chi connectivity index (χ2v) is 3.94. The molecule has 0 aliphatic carbocycles. The minimum atomic E-state index is -1.18. The molecule has 1 aromatic carbocycles.